The van der Waals surface area contributed by atoms with Crippen LogP contribution in [-0.2, 0) is 14.3 Å². The van der Waals surface area contributed by atoms with Gasteiger partial charge in [0.2, 0.25) is 5.91 Å². The molecule has 0 fully saturated rings. The smallest absolute Gasteiger partial charge is 0.329 e. The predicted octanol–water partition coefficient (Wildman–Crippen LogP) is 1.42. The Bertz CT molecular complexity index is 225. The number of carbonyl (C=O) groups is 2. The summed E-state index contributed by atoms with van der Waals surface area (Å²) < 4.78 is 4.83. The molecule has 17 heavy (non-hydrogen) atoms. The average molecular weight is 245 g/mol. The fraction of sp³-hybridized carbons (Fsp3) is 0.833. The van der Waals surface area contributed by atoms with Crippen molar-refractivity contribution in [2.45, 2.75) is 39.5 Å². The number of hydrogen-bond acceptors (Lipinski definition) is 3. The second-order valence-corrected chi connectivity index (χ2v) is 4.01. The molecule has 1 amide bonds. The van der Waals surface area contributed by atoms with Crippen molar-refractivity contribution in [2.75, 3.05) is 19.8 Å². The van der Waals surface area contributed by atoms with Crippen LogP contribution >= 0.6 is 0 Å². The lowest BCUT2D eigenvalue weighted by Gasteiger charge is -2.15. The number of nitrogens with one attached hydrogen (secondary N) is 1. The Morgan fingerprint density at radius 1 is 1.24 bits per heavy atom. The largest absolute Gasteiger partial charge is 0.480 e. The van der Waals surface area contributed by atoms with Crippen molar-refractivity contribution in [3.05, 3.63) is 0 Å². The first-order chi connectivity index (χ1) is 8.11. The van der Waals surface area contributed by atoms with Gasteiger partial charge in [-0.05, 0) is 12.8 Å². The van der Waals surface area contributed by atoms with Crippen molar-refractivity contribution in [1.82, 2.24) is 5.32 Å². The quantitative estimate of drug-likeness (QED) is 0.571. The Morgan fingerprint density at radius 3 is 2.29 bits per heavy atom. The van der Waals surface area contributed by atoms with Crippen LogP contribution in [0.4, 0.5) is 0 Å². The van der Waals surface area contributed by atoms with Crippen LogP contribution in [0.15, 0.2) is 0 Å². The number of carboxylic acids is 1. The first-order valence-corrected chi connectivity index (χ1v) is 6.19. The van der Waals surface area contributed by atoms with E-state index in [1.807, 2.05) is 0 Å². The van der Waals surface area contributed by atoms with E-state index in [-0.39, 0.29) is 25.0 Å². The third-order valence-corrected chi connectivity index (χ3v) is 2.42. The molecule has 0 aliphatic carbocycles. The van der Waals surface area contributed by atoms with Crippen molar-refractivity contribution >= 4 is 11.9 Å². The summed E-state index contributed by atoms with van der Waals surface area (Å²) in [5.74, 6) is -0.872. The highest BCUT2D eigenvalue weighted by molar-refractivity contribution is 5.78. The molecular weight excluding hydrogens is 222 g/mol. The van der Waals surface area contributed by atoms with E-state index < -0.39 is 5.97 Å². The molecule has 0 saturated heterocycles. The summed E-state index contributed by atoms with van der Waals surface area (Å²) in [6, 6.07) is 0. The molecule has 5 heteroatoms. The van der Waals surface area contributed by atoms with Crippen molar-refractivity contribution in [1.29, 1.82) is 0 Å². The van der Waals surface area contributed by atoms with Crippen molar-refractivity contribution in [2.24, 2.45) is 5.92 Å². The minimum atomic E-state index is -0.994. The van der Waals surface area contributed by atoms with Crippen LogP contribution in [0.5, 0.6) is 0 Å². The summed E-state index contributed by atoms with van der Waals surface area (Å²) in [7, 11) is 0. The van der Waals surface area contributed by atoms with Gasteiger partial charge in [-0.2, -0.15) is 0 Å². The van der Waals surface area contributed by atoms with E-state index in [0.717, 1.165) is 25.7 Å². The zero-order valence-electron chi connectivity index (χ0n) is 10.7. The minimum absolute atomic E-state index is 0.0487. The molecule has 5 nitrogen and oxygen atoms in total. The Kier molecular flexibility index (Phi) is 9.43. The van der Waals surface area contributed by atoms with Gasteiger partial charge >= 0.3 is 5.97 Å². The monoisotopic (exact) mass is 245 g/mol. The van der Waals surface area contributed by atoms with E-state index in [4.69, 9.17) is 9.84 Å². The summed E-state index contributed by atoms with van der Waals surface area (Å²) in [5.41, 5.74) is 0. The average Bonchev–Trinajstić information content (AvgIpc) is 2.27. The molecule has 0 heterocycles. The van der Waals surface area contributed by atoms with E-state index in [2.05, 4.69) is 19.2 Å². The molecule has 100 valence electrons. The third-order valence-electron chi connectivity index (χ3n) is 2.42. The van der Waals surface area contributed by atoms with Crippen LogP contribution in [0, 0.1) is 5.92 Å². The van der Waals surface area contributed by atoms with Crippen LogP contribution in [-0.4, -0.2) is 36.7 Å². The topological polar surface area (TPSA) is 75.6 Å². The molecule has 0 aliphatic heterocycles. The maximum Gasteiger partial charge on any atom is 0.329 e. The summed E-state index contributed by atoms with van der Waals surface area (Å²) in [5, 5.41) is 11.1. The van der Waals surface area contributed by atoms with Crippen LogP contribution in [0.1, 0.15) is 39.5 Å². The lowest BCUT2D eigenvalue weighted by atomic mass is 9.97. The molecule has 0 atom stereocenters. The van der Waals surface area contributed by atoms with Gasteiger partial charge in [-0.3, -0.25) is 4.79 Å². The van der Waals surface area contributed by atoms with Gasteiger partial charge in [-0.1, -0.05) is 26.7 Å². The summed E-state index contributed by atoms with van der Waals surface area (Å²) >= 11 is 0. The molecule has 2 N–H and O–H groups in total. The maximum absolute atomic E-state index is 11.7. The number of hydrogen-bond donors (Lipinski definition) is 2. The minimum Gasteiger partial charge on any atom is -0.480 e. The first kappa shape index (κ1) is 15.9. The van der Waals surface area contributed by atoms with Gasteiger partial charge in [0, 0.05) is 12.5 Å². The van der Waals surface area contributed by atoms with Gasteiger partial charge in [0.1, 0.15) is 6.61 Å². The van der Waals surface area contributed by atoms with E-state index in [9.17, 15) is 9.59 Å². The number of carboxylic acid groups (broad SMARTS) is 1. The van der Waals surface area contributed by atoms with Crippen LogP contribution < -0.4 is 5.32 Å². The van der Waals surface area contributed by atoms with Gasteiger partial charge in [0.05, 0.1) is 6.61 Å². The molecule has 0 saturated carbocycles. The van der Waals surface area contributed by atoms with Crippen molar-refractivity contribution in [3.63, 3.8) is 0 Å². The highest BCUT2D eigenvalue weighted by Gasteiger charge is 2.15. The van der Waals surface area contributed by atoms with Gasteiger partial charge < -0.3 is 15.2 Å². The van der Waals surface area contributed by atoms with Crippen LogP contribution in [0.2, 0.25) is 0 Å². The highest BCUT2D eigenvalue weighted by atomic mass is 16.5. The van der Waals surface area contributed by atoms with Gasteiger partial charge in [-0.15, -0.1) is 0 Å². The lowest BCUT2D eigenvalue weighted by Crippen LogP contribution is -2.33. The van der Waals surface area contributed by atoms with Gasteiger partial charge in [0.25, 0.3) is 0 Å². The summed E-state index contributed by atoms with van der Waals surface area (Å²) in [6.45, 7) is 4.42. The molecule has 0 aromatic heterocycles. The molecule has 0 spiro atoms. The van der Waals surface area contributed by atoms with E-state index in [1.54, 1.807) is 0 Å². The molecule has 0 bridgehead atoms. The van der Waals surface area contributed by atoms with Crippen molar-refractivity contribution in [3.8, 4) is 0 Å². The van der Waals surface area contributed by atoms with E-state index in [1.165, 1.54) is 0 Å². The zero-order chi connectivity index (χ0) is 13.1. The van der Waals surface area contributed by atoms with E-state index >= 15 is 0 Å². The number of rotatable bonds is 10. The van der Waals surface area contributed by atoms with Gasteiger partial charge in [0.15, 0.2) is 0 Å². The summed E-state index contributed by atoms with van der Waals surface area (Å²) in [6.07, 6.45) is 3.78. The lowest BCUT2D eigenvalue weighted by molar-refractivity contribution is -0.142. The molecule has 0 radical (unpaired) electrons. The second kappa shape index (κ2) is 10.1. The Balaban J connectivity index is 3.70. The fourth-order valence-corrected chi connectivity index (χ4v) is 1.65. The first-order valence-electron chi connectivity index (χ1n) is 6.19. The molecular formula is C12H23NO4. The number of carbonyl (C=O) groups excluding carboxylic acids is 1. The Labute approximate surface area is 103 Å². The van der Waals surface area contributed by atoms with Gasteiger partial charge in [-0.25, -0.2) is 4.79 Å². The molecule has 0 rings (SSSR count). The Morgan fingerprint density at radius 2 is 1.82 bits per heavy atom. The SMILES string of the molecule is CCCC(CCC)C(=O)NCCOCC(=O)O. The zero-order valence-corrected chi connectivity index (χ0v) is 10.7. The van der Waals surface area contributed by atoms with Crippen LogP contribution in [0.3, 0.4) is 0 Å². The van der Waals surface area contributed by atoms with E-state index in [0.29, 0.717) is 6.54 Å². The normalized spacial score (nSPS) is 10.5. The second-order valence-electron chi connectivity index (χ2n) is 4.01. The number of amides is 1. The molecule has 0 aliphatic rings. The van der Waals surface area contributed by atoms with Crippen molar-refractivity contribution < 1.29 is 19.4 Å². The van der Waals surface area contributed by atoms with Crippen LogP contribution in [0.25, 0.3) is 0 Å². The molecule has 0 unspecified atom stereocenters. The number of aliphatic carboxylic acids is 1. The standard InChI is InChI=1S/C12H23NO4/c1-3-5-10(6-4-2)12(16)13-7-8-17-9-11(14)15/h10H,3-9H2,1-2H3,(H,13,16)(H,14,15). The highest BCUT2D eigenvalue weighted by Crippen LogP contribution is 2.13. The fourth-order valence-electron chi connectivity index (χ4n) is 1.65. The molecule has 0 aromatic rings. The Hall–Kier alpha value is -1.10. The summed E-state index contributed by atoms with van der Waals surface area (Å²) in [4.78, 5) is 21.9. The number of ether oxygens (including phenoxy) is 1. The predicted molar refractivity (Wildman–Crippen MR) is 64.8 cm³/mol. The third kappa shape index (κ3) is 8.68. The maximum atomic E-state index is 11.7. The molecule has 0 aromatic carbocycles.